The van der Waals surface area contributed by atoms with Crippen LogP contribution >= 0.6 is 0 Å². The minimum atomic E-state index is 0.679. The summed E-state index contributed by atoms with van der Waals surface area (Å²) in [5.74, 6) is 0.679. The molecule has 1 aromatic heterocycles. The number of anilines is 3. The Bertz CT molecular complexity index is 597. The maximum atomic E-state index is 5.85. The fourth-order valence-electron chi connectivity index (χ4n) is 2.47. The van der Waals surface area contributed by atoms with Gasteiger partial charge in [-0.25, -0.2) is 0 Å². The van der Waals surface area contributed by atoms with Gasteiger partial charge in [0.1, 0.15) is 5.82 Å². The van der Waals surface area contributed by atoms with E-state index in [0.29, 0.717) is 5.82 Å². The van der Waals surface area contributed by atoms with Crippen molar-refractivity contribution in [2.24, 2.45) is 7.05 Å². The molecule has 2 heterocycles. The summed E-state index contributed by atoms with van der Waals surface area (Å²) in [5, 5.41) is 4.43. The number of nitrogens with two attached hydrogens (primary N) is 1. The smallest absolute Gasteiger partial charge is 0.121 e. The zero-order valence-electron chi connectivity index (χ0n) is 11.6. The molecular formula is C14H19N5. The van der Waals surface area contributed by atoms with Gasteiger partial charge in [0.2, 0.25) is 0 Å². The van der Waals surface area contributed by atoms with Crippen molar-refractivity contribution < 1.29 is 0 Å². The fourth-order valence-corrected chi connectivity index (χ4v) is 2.47. The lowest BCUT2D eigenvalue weighted by Crippen LogP contribution is -2.36. The molecule has 1 aromatic carbocycles. The van der Waals surface area contributed by atoms with Crippen LogP contribution in [0.15, 0.2) is 24.3 Å². The Morgan fingerprint density at radius 2 is 1.68 bits per heavy atom. The molecule has 0 radical (unpaired) electrons. The normalized spacial score (nSPS) is 14.7. The molecular weight excluding hydrogens is 238 g/mol. The molecule has 19 heavy (non-hydrogen) atoms. The van der Waals surface area contributed by atoms with Gasteiger partial charge < -0.3 is 15.5 Å². The van der Waals surface area contributed by atoms with Crippen molar-refractivity contribution >= 4 is 17.2 Å². The number of nitrogens with zero attached hydrogens (tertiary/aromatic N) is 4. The Labute approximate surface area is 113 Å². The summed E-state index contributed by atoms with van der Waals surface area (Å²) in [6, 6.07) is 8.36. The molecule has 0 aliphatic carbocycles. The molecule has 0 saturated heterocycles. The molecule has 1 aliphatic rings. The predicted molar refractivity (Wildman–Crippen MR) is 79.6 cm³/mol. The Morgan fingerprint density at radius 3 is 2.32 bits per heavy atom. The van der Waals surface area contributed by atoms with E-state index in [9.17, 15) is 0 Å². The molecule has 0 fully saturated rings. The molecule has 5 nitrogen and oxygen atoms in total. The minimum absolute atomic E-state index is 0.679. The molecule has 1 aliphatic heterocycles. The highest BCUT2D eigenvalue weighted by molar-refractivity contribution is 5.79. The van der Waals surface area contributed by atoms with Crippen molar-refractivity contribution in [3.8, 4) is 11.3 Å². The molecule has 0 spiro atoms. The first-order valence-electron chi connectivity index (χ1n) is 6.42. The van der Waals surface area contributed by atoms with E-state index in [-0.39, 0.29) is 0 Å². The van der Waals surface area contributed by atoms with Crippen LogP contribution in [0.25, 0.3) is 11.3 Å². The summed E-state index contributed by atoms with van der Waals surface area (Å²) in [7, 11) is 6.11. The summed E-state index contributed by atoms with van der Waals surface area (Å²) >= 11 is 0. The van der Waals surface area contributed by atoms with Gasteiger partial charge in [-0.15, -0.1) is 0 Å². The lowest BCUT2D eigenvalue weighted by Gasteiger charge is -2.34. The number of hydrogen-bond donors (Lipinski definition) is 1. The Morgan fingerprint density at radius 1 is 1.00 bits per heavy atom. The quantitative estimate of drug-likeness (QED) is 0.842. The van der Waals surface area contributed by atoms with Crippen LogP contribution < -0.4 is 15.5 Å². The van der Waals surface area contributed by atoms with Crippen LogP contribution in [0.3, 0.4) is 0 Å². The lowest BCUT2D eigenvalue weighted by molar-refractivity contribution is 0.781. The maximum absolute atomic E-state index is 5.85. The van der Waals surface area contributed by atoms with E-state index in [1.54, 1.807) is 4.68 Å². The van der Waals surface area contributed by atoms with Crippen molar-refractivity contribution in [3.05, 3.63) is 24.3 Å². The van der Waals surface area contributed by atoms with Gasteiger partial charge in [-0.3, -0.25) is 4.68 Å². The topological polar surface area (TPSA) is 50.3 Å². The molecule has 2 aromatic rings. The van der Waals surface area contributed by atoms with E-state index in [2.05, 4.69) is 47.2 Å². The van der Waals surface area contributed by atoms with Gasteiger partial charge in [-0.1, -0.05) is 6.07 Å². The first-order chi connectivity index (χ1) is 9.06. The largest absolute Gasteiger partial charge is 0.384 e. The van der Waals surface area contributed by atoms with Crippen LogP contribution in [0.4, 0.5) is 17.2 Å². The standard InChI is InChI=1S/C14H19N5/c1-17-6-7-18(2)13-8-10(4-5-12(13)17)11-9-14(15)19(3)16-11/h4-5,8-9H,6-7,15H2,1-3H3. The monoisotopic (exact) mass is 257 g/mol. The van der Waals surface area contributed by atoms with E-state index in [0.717, 1.165) is 24.3 Å². The first kappa shape index (κ1) is 11.9. The summed E-state index contributed by atoms with van der Waals surface area (Å²) < 4.78 is 1.70. The third-order valence-corrected chi connectivity index (χ3v) is 3.78. The molecule has 3 rings (SSSR count). The SMILES string of the molecule is CN1CCN(C)c2cc(-c3cc(N)n(C)n3)ccc21. The van der Waals surface area contributed by atoms with Gasteiger partial charge in [0.25, 0.3) is 0 Å². The van der Waals surface area contributed by atoms with Gasteiger partial charge in [0.15, 0.2) is 0 Å². The zero-order chi connectivity index (χ0) is 13.6. The second-order valence-corrected chi connectivity index (χ2v) is 5.12. The highest BCUT2D eigenvalue weighted by Crippen LogP contribution is 2.35. The van der Waals surface area contributed by atoms with E-state index in [1.807, 2.05) is 13.1 Å². The molecule has 0 saturated carbocycles. The summed E-state index contributed by atoms with van der Waals surface area (Å²) in [6.07, 6.45) is 0. The van der Waals surface area contributed by atoms with Crippen LogP contribution in [-0.4, -0.2) is 37.0 Å². The molecule has 0 atom stereocenters. The van der Waals surface area contributed by atoms with Crippen molar-refractivity contribution in [2.45, 2.75) is 0 Å². The van der Waals surface area contributed by atoms with Gasteiger partial charge in [0.05, 0.1) is 17.1 Å². The van der Waals surface area contributed by atoms with Crippen LogP contribution in [0, 0.1) is 0 Å². The summed E-state index contributed by atoms with van der Waals surface area (Å²) in [5.41, 5.74) is 10.4. The lowest BCUT2D eigenvalue weighted by atomic mass is 10.1. The molecule has 0 unspecified atom stereocenters. The van der Waals surface area contributed by atoms with Crippen molar-refractivity contribution in [1.82, 2.24) is 9.78 Å². The van der Waals surface area contributed by atoms with E-state index in [1.165, 1.54) is 11.4 Å². The van der Waals surface area contributed by atoms with Crippen LogP contribution in [0.2, 0.25) is 0 Å². The van der Waals surface area contributed by atoms with Crippen molar-refractivity contribution in [3.63, 3.8) is 0 Å². The average Bonchev–Trinajstić information content (AvgIpc) is 2.74. The van der Waals surface area contributed by atoms with Crippen LogP contribution in [-0.2, 0) is 7.05 Å². The highest BCUT2D eigenvalue weighted by atomic mass is 15.3. The number of aromatic nitrogens is 2. The Hall–Kier alpha value is -2.17. The number of fused-ring (bicyclic) bond motifs is 1. The summed E-state index contributed by atoms with van der Waals surface area (Å²) in [6.45, 7) is 2.09. The van der Waals surface area contributed by atoms with Crippen molar-refractivity contribution in [2.75, 3.05) is 42.7 Å². The predicted octanol–water partition coefficient (Wildman–Crippen LogP) is 1.56. The third kappa shape index (κ3) is 1.91. The number of benzene rings is 1. The summed E-state index contributed by atoms with van der Waals surface area (Å²) in [4.78, 5) is 4.57. The van der Waals surface area contributed by atoms with Gasteiger partial charge in [-0.2, -0.15) is 5.10 Å². The van der Waals surface area contributed by atoms with E-state index < -0.39 is 0 Å². The number of aryl methyl sites for hydroxylation is 1. The van der Waals surface area contributed by atoms with E-state index in [4.69, 9.17) is 5.73 Å². The fraction of sp³-hybridized carbons (Fsp3) is 0.357. The minimum Gasteiger partial charge on any atom is -0.384 e. The highest BCUT2D eigenvalue weighted by Gasteiger charge is 2.18. The van der Waals surface area contributed by atoms with Gasteiger partial charge >= 0.3 is 0 Å². The van der Waals surface area contributed by atoms with Gasteiger partial charge in [-0.05, 0) is 12.1 Å². The van der Waals surface area contributed by atoms with Crippen LogP contribution in [0.5, 0.6) is 0 Å². The van der Waals surface area contributed by atoms with Crippen LogP contribution in [0.1, 0.15) is 0 Å². The molecule has 2 N–H and O–H groups in total. The number of hydrogen-bond acceptors (Lipinski definition) is 4. The number of nitrogen functional groups attached to an aromatic ring is 1. The number of likely N-dealkylation sites (N-methyl/N-ethyl adjacent to an activating group) is 2. The molecule has 5 heteroatoms. The molecule has 0 bridgehead atoms. The molecule has 100 valence electrons. The number of rotatable bonds is 1. The van der Waals surface area contributed by atoms with Gasteiger partial charge in [0, 0.05) is 45.9 Å². The molecule has 0 amide bonds. The second-order valence-electron chi connectivity index (χ2n) is 5.12. The second kappa shape index (κ2) is 4.19. The third-order valence-electron chi connectivity index (χ3n) is 3.78. The van der Waals surface area contributed by atoms with E-state index >= 15 is 0 Å². The first-order valence-corrected chi connectivity index (χ1v) is 6.42. The Balaban J connectivity index is 2.07. The average molecular weight is 257 g/mol. The Kier molecular flexibility index (Phi) is 2.62. The zero-order valence-corrected chi connectivity index (χ0v) is 11.6. The van der Waals surface area contributed by atoms with Crippen molar-refractivity contribution in [1.29, 1.82) is 0 Å². The maximum Gasteiger partial charge on any atom is 0.121 e.